The standard InChI is InChI=1S/C23H36N4O4.HI/c1-3-29-14-15-30-18-20-7-4-6-19(16-20)17-25-23(24-2)27-11-9-26(10-12-27)22(28)21-8-5-13-31-21;/h4,6-7,16,21H,3,5,8-15,17-18H2,1-2H3,(H,24,25);1H. The average molecular weight is 560 g/mol. The second kappa shape index (κ2) is 14.7. The van der Waals surface area contributed by atoms with Crippen molar-refractivity contribution in [1.82, 2.24) is 15.1 Å². The van der Waals surface area contributed by atoms with Crippen LogP contribution in [0.5, 0.6) is 0 Å². The predicted octanol–water partition coefficient (Wildman–Crippen LogP) is 2.26. The summed E-state index contributed by atoms with van der Waals surface area (Å²) in [6.07, 6.45) is 1.59. The van der Waals surface area contributed by atoms with Crippen molar-refractivity contribution in [2.75, 3.05) is 59.7 Å². The van der Waals surface area contributed by atoms with Gasteiger partial charge in [-0.15, -0.1) is 24.0 Å². The van der Waals surface area contributed by atoms with Crippen LogP contribution in [-0.4, -0.2) is 87.4 Å². The van der Waals surface area contributed by atoms with E-state index in [9.17, 15) is 4.79 Å². The second-order valence-electron chi connectivity index (χ2n) is 7.78. The molecule has 0 aromatic heterocycles. The molecule has 2 aliphatic rings. The van der Waals surface area contributed by atoms with Gasteiger partial charge in [0.05, 0.1) is 19.8 Å². The lowest BCUT2D eigenvalue weighted by Gasteiger charge is -2.37. The summed E-state index contributed by atoms with van der Waals surface area (Å²) in [6, 6.07) is 8.38. The number of halogens is 1. The number of nitrogens with zero attached hydrogens (tertiary/aromatic N) is 3. The molecule has 0 radical (unpaired) electrons. The minimum absolute atomic E-state index is 0. The topological polar surface area (TPSA) is 75.6 Å². The van der Waals surface area contributed by atoms with Crippen LogP contribution in [0.4, 0.5) is 0 Å². The van der Waals surface area contributed by atoms with Crippen LogP contribution in [0.3, 0.4) is 0 Å². The molecular formula is C23H37IN4O4. The minimum atomic E-state index is -0.237. The third-order valence-corrected chi connectivity index (χ3v) is 5.59. The van der Waals surface area contributed by atoms with Gasteiger partial charge in [-0.3, -0.25) is 9.79 Å². The molecule has 3 rings (SSSR count). The van der Waals surface area contributed by atoms with Gasteiger partial charge in [0.2, 0.25) is 0 Å². The van der Waals surface area contributed by atoms with E-state index in [0.29, 0.717) is 52.7 Å². The largest absolute Gasteiger partial charge is 0.379 e. The van der Waals surface area contributed by atoms with Crippen LogP contribution in [0.25, 0.3) is 0 Å². The summed E-state index contributed by atoms with van der Waals surface area (Å²) < 4.78 is 16.5. The Bertz CT molecular complexity index is 720. The molecule has 0 saturated carbocycles. The minimum Gasteiger partial charge on any atom is -0.379 e. The number of benzene rings is 1. The van der Waals surface area contributed by atoms with Crippen LogP contribution in [0.1, 0.15) is 30.9 Å². The molecule has 0 aliphatic carbocycles. The maximum Gasteiger partial charge on any atom is 0.251 e. The van der Waals surface area contributed by atoms with E-state index in [-0.39, 0.29) is 36.0 Å². The van der Waals surface area contributed by atoms with Crippen LogP contribution >= 0.6 is 24.0 Å². The molecule has 180 valence electrons. The second-order valence-corrected chi connectivity index (χ2v) is 7.78. The molecule has 2 heterocycles. The highest BCUT2D eigenvalue weighted by molar-refractivity contribution is 14.0. The van der Waals surface area contributed by atoms with E-state index in [1.807, 2.05) is 11.8 Å². The van der Waals surface area contributed by atoms with Crippen molar-refractivity contribution in [2.24, 2.45) is 4.99 Å². The Kier molecular flexibility index (Phi) is 12.3. The fraction of sp³-hybridized carbons (Fsp3) is 0.652. The number of nitrogens with one attached hydrogen (secondary N) is 1. The Labute approximate surface area is 208 Å². The monoisotopic (exact) mass is 560 g/mol. The van der Waals surface area contributed by atoms with E-state index < -0.39 is 0 Å². The Morgan fingerprint density at radius 2 is 1.88 bits per heavy atom. The zero-order valence-electron chi connectivity index (χ0n) is 19.3. The van der Waals surface area contributed by atoms with Crippen molar-refractivity contribution in [3.8, 4) is 0 Å². The lowest BCUT2D eigenvalue weighted by Crippen LogP contribution is -2.55. The van der Waals surface area contributed by atoms with Gasteiger partial charge in [-0.05, 0) is 30.9 Å². The Morgan fingerprint density at radius 3 is 2.56 bits per heavy atom. The van der Waals surface area contributed by atoms with E-state index in [4.69, 9.17) is 14.2 Å². The van der Waals surface area contributed by atoms with Crippen molar-refractivity contribution in [1.29, 1.82) is 0 Å². The molecule has 1 aromatic carbocycles. The molecule has 32 heavy (non-hydrogen) atoms. The zero-order valence-corrected chi connectivity index (χ0v) is 21.6. The van der Waals surface area contributed by atoms with E-state index >= 15 is 0 Å². The Hall–Kier alpha value is -1.43. The number of rotatable bonds is 9. The fourth-order valence-electron chi connectivity index (χ4n) is 3.91. The van der Waals surface area contributed by atoms with Gasteiger partial charge in [0.25, 0.3) is 5.91 Å². The summed E-state index contributed by atoms with van der Waals surface area (Å²) >= 11 is 0. The first-order valence-corrected chi connectivity index (χ1v) is 11.3. The smallest absolute Gasteiger partial charge is 0.251 e. The van der Waals surface area contributed by atoms with Crippen LogP contribution in [0, 0.1) is 0 Å². The van der Waals surface area contributed by atoms with E-state index in [1.54, 1.807) is 7.05 Å². The van der Waals surface area contributed by atoms with Crippen molar-refractivity contribution in [2.45, 2.75) is 39.0 Å². The van der Waals surface area contributed by atoms with E-state index in [0.717, 1.165) is 37.5 Å². The van der Waals surface area contributed by atoms with Crippen LogP contribution < -0.4 is 5.32 Å². The highest BCUT2D eigenvalue weighted by atomic mass is 127. The first kappa shape index (κ1) is 26.8. The van der Waals surface area contributed by atoms with Crippen LogP contribution in [0.15, 0.2) is 29.3 Å². The number of ether oxygens (including phenoxy) is 3. The summed E-state index contributed by atoms with van der Waals surface area (Å²) in [5.74, 6) is 1.00. The lowest BCUT2D eigenvalue weighted by molar-refractivity contribution is -0.142. The van der Waals surface area contributed by atoms with Crippen molar-refractivity contribution in [3.63, 3.8) is 0 Å². The van der Waals surface area contributed by atoms with Crippen molar-refractivity contribution < 1.29 is 19.0 Å². The first-order valence-electron chi connectivity index (χ1n) is 11.3. The molecule has 0 bridgehead atoms. The highest BCUT2D eigenvalue weighted by Crippen LogP contribution is 2.16. The summed E-state index contributed by atoms with van der Waals surface area (Å²) in [4.78, 5) is 21.1. The number of guanidine groups is 1. The van der Waals surface area contributed by atoms with Crippen LogP contribution in [0.2, 0.25) is 0 Å². The van der Waals surface area contributed by atoms with Crippen LogP contribution in [-0.2, 0) is 32.2 Å². The number of hydrogen-bond donors (Lipinski definition) is 1. The summed E-state index contributed by atoms with van der Waals surface area (Å²) in [6.45, 7) is 8.84. The predicted molar refractivity (Wildman–Crippen MR) is 135 cm³/mol. The van der Waals surface area contributed by atoms with Gasteiger partial charge < -0.3 is 29.3 Å². The van der Waals surface area contributed by atoms with Crippen molar-refractivity contribution >= 4 is 35.8 Å². The zero-order chi connectivity index (χ0) is 21.9. The highest BCUT2D eigenvalue weighted by Gasteiger charge is 2.30. The van der Waals surface area contributed by atoms with E-state index in [1.165, 1.54) is 5.56 Å². The maximum atomic E-state index is 12.5. The Balaban J connectivity index is 0.00000363. The van der Waals surface area contributed by atoms with Gasteiger partial charge in [-0.1, -0.05) is 24.3 Å². The normalized spacial score (nSPS) is 19.1. The van der Waals surface area contributed by atoms with Gasteiger partial charge >= 0.3 is 0 Å². The summed E-state index contributed by atoms with van der Waals surface area (Å²) in [7, 11) is 1.80. The molecular weight excluding hydrogens is 523 g/mol. The third-order valence-electron chi connectivity index (χ3n) is 5.59. The Morgan fingerprint density at radius 1 is 1.16 bits per heavy atom. The molecule has 1 N–H and O–H groups in total. The van der Waals surface area contributed by atoms with Gasteiger partial charge in [-0.2, -0.15) is 0 Å². The molecule has 0 spiro atoms. The summed E-state index contributed by atoms with van der Waals surface area (Å²) in [5.41, 5.74) is 2.33. The SMILES string of the molecule is CCOCCOCc1cccc(CNC(=NC)N2CCN(C(=O)C3CCCO3)CC2)c1.I. The maximum absolute atomic E-state index is 12.5. The van der Waals surface area contributed by atoms with Gasteiger partial charge in [0, 0.05) is 53.0 Å². The molecule has 2 fully saturated rings. The lowest BCUT2D eigenvalue weighted by atomic mass is 10.1. The fourth-order valence-corrected chi connectivity index (χ4v) is 3.91. The number of carbonyl (C=O) groups is 1. The molecule has 2 saturated heterocycles. The molecule has 1 atom stereocenters. The summed E-state index contributed by atoms with van der Waals surface area (Å²) in [5, 5.41) is 3.45. The molecule has 2 aliphatic heterocycles. The van der Waals surface area contributed by atoms with Gasteiger partial charge in [-0.25, -0.2) is 0 Å². The number of amides is 1. The molecule has 1 aromatic rings. The molecule has 9 heteroatoms. The molecule has 1 unspecified atom stereocenters. The van der Waals surface area contributed by atoms with Gasteiger partial charge in [0.1, 0.15) is 6.10 Å². The quantitative estimate of drug-likeness (QED) is 0.216. The number of carbonyl (C=O) groups excluding carboxylic acids is 1. The number of piperazine rings is 1. The van der Waals surface area contributed by atoms with Crippen molar-refractivity contribution in [3.05, 3.63) is 35.4 Å². The third kappa shape index (κ3) is 8.17. The first-order chi connectivity index (χ1) is 15.2. The molecule has 1 amide bonds. The van der Waals surface area contributed by atoms with Gasteiger partial charge in [0.15, 0.2) is 5.96 Å². The van der Waals surface area contributed by atoms with E-state index in [2.05, 4.69) is 39.5 Å². The number of aliphatic imine (C=N–C) groups is 1. The average Bonchev–Trinajstić information content (AvgIpc) is 3.35. The number of hydrogen-bond acceptors (Lipinski definition) is 5. The molecule has 8 nitrogen and oxygen atoms in total.